The van der Waals surface area contributed by atoms with Crippen molar-refractivity contribution in [1.82, 2.24) is 10.2 Å². The predicted molar refractivity (Wildman–Crippen MR) is 105 cm³/mol. The molecule has 0 unspecified atom stereocenters. The summed E-state index contributed by atoms with van der Waals surface area (Å²) in [6.45, 7) is 6.00. The smallest absolute Gasteiger partial charge is 0.410 e. The second-order valence-electron chi connectivity index (χ2n) is 7.29. The van der Waals surface area contributed by atoms with E-state index >= 15 is 0 Å². The third-order valence-electron chi connectivity index (χ3n) is 3.70. The average Bonchev–Trinajstić information content (AvgIpc) is 2.67. The van der Waals surface area contributed by atoms with E-state index in [1.54, 1.807) is 27.8 Å². The third-order valence-corrected chi connectivity index (χ3v) is 3.70. The number of hydrogen-bond donors (Lipinski definition) is 1. The molecular formula is C20H28N2O7. The molecule has 160 valence electrons. The number of ether oxygens (including phenoxy) is 3. The van der Waals surface area contributed by atoms with Crippen LogP contribution in [0.3, 0.4) is 0 Å². The Morgan fingerprint density at radius 3 is 1.86 bits per heavy atom. The summed E-state index contributed by atoms with van der Waals surface area (Å²) in [5, 5.41) is 2.69. The highest BCUT2D eigenvalue weighted by molar-refractivity contribution is 6.02. The lowest BCUT2D eigenvalue weighted by Gasteiger charge is -2.24. The van der Waals surface area contributed by atoms with E-state index in [1.807, 2.05) is 0 Å². The zero-order valence-electron chi connectivity index (χ0n) is 17.7. The first-order valence-electron chi connectivity index (χ1n) is 9.02. The Morgan fingerprint density at radius 1 is 0.931 bits per heavy atom. The highest BCUT2D eigenvalue weighted by atomic mass is 16.6. The van der Waals surface area contributed by atoms with Crippen LogP contribution in [0.5, 0.6) is 0 Å². The fraction of sp³-hybridized carbons (Fsp3) is 0.500. The summed E-state index contributed by atoms with van der Waals surface area (Å²) in [5.41, 5.74) is -0.342. The molecule has 1 aromatic rings. The van der Waals surface area contributed by atoms with E-state index < -0.39 is 29.5 Å². The first kappa shape index (κ1) is 23.9. The van der Waals surface area contributed by atoms with E-state index in [-0.39, 0.29) is 23.2 Å². The molecule has 1 N–H and O–H groups in total. The predicted octanol–water partition coefficient (Wildman–Crippen LogP) is 2.25. The molecule has 0 aliphatic carbocycles. The summed E-state index contributed by atoms with van der Waals surface area (Å²) in [7, 11) is 4.01. The molecule has 0 saturated carbocycles. The van der Waals surface area contributed by atoms with Crippen molar-refractivity contribution in [2.75, 3.05) is 34.4 Å². The number of esters is 2. The van der Waals surface area contributed by atoms with Gasteiger partial charge in [0.25, 0.3) is 5.91 Å². The van der Waals surface area contributed by atoms with Crippen molar-refractivity contribution >= 4 is 23.9 Å². The molecule has 0 aromatic heterocycles. The van der Waals surface area contributed by atoms with E-state index in [9.17, 15) is 19.2 Å². The van der Waals surface area contributed by atoms with Gasteiger partial charge in [0.15, 0.2) is 0 Å². The van der Waals surface area contributed by atoms with E-state index in [2.05, 4.69) is 14.8 Å². The molecule has 1 aromatic carbocycles. The van der Waals surface area contributed by atoms with Crippen LogP contribution in [0, 0.1) is 0 Å². The first-order chi connectivity index (χ1) is 13.5. The summed E-state index contributed by atoms with van der Waals surface area (Å²) in [6.07, 6.45) is 0.0412. The molecule has 0 atom stereocenters. The van der Waals surface area contributed by atoms with E-state index in [0.29, 0.717) is 13.0 Å². The summed E-state index contributed by atoms with van der Waals surface area (Å²) < 4.78 is 14.5. The second-order valence-corrected chi connectivity index (χ2v) is 7.29. The van der Waals surface area contributed by atoms with Gasteiger partial charge >= 0.3 is 18.0 Å². The minimum absolute atomic E-state index is 0.0604. The standard InChI is InChI=1S/C20H28N2O7/c1-20(2,3)29-19(26)22(4)9-7-8-21-16(23)13-10-14(17(24)27-5)12-15(11-13)18(25)28-6/h10-12H,7-9H2,1-6H3,(H,21,23). The van der Waals surface area contributed by atoms with Crippen LogP contribution < -0.4 is 5.32 Å². The summed E-state index contributed by atoms with van der Waals surface area (Å²) in [6, 6.07) is 3.96. The summed E-state index contributed by atoms with van der Waals surface area (Å²) in [5.74, 6) is -1.83. The molecule has 2 amide bonds. The lowest BCUT2D eigenvalue weighted by Crippen LogP contribution is -2.36. The number of nitrogens with zero attached hydrogens (tertiary/aromatic N) is 1. The Labute approximate surface area is 170 Å². The summed E-state index contributed by atoms with van der Waals surface area (Å²) in [4.78, 5) is 49.3. The van der Waals surface area contributed by atoms with Gasteiger partial charge in [-0.3, -0.25) is 4.79 Å². The van der Waals surface area contributed by atoms with Crippen LogP contribution in [-0.2, 0) is 14.2 Å². The Morgan fingerprint density at radius 2 is 1.41 bits per heavy atom. The van der Waals surface area contributed by atoms with Crippen LogP contribution in [0.2, 0.25) is 0 Å². The molecule has 0 spiro atoms. The van der Waals surface area contributed by atoms with Crippen molar-refractivity contribution in [2.24, 2.45) is 0 Å². The number of amides is 2. The highest BCUT2D eigenvalue weighted by Gasteiger charge is 2.20. The molecule has 9 nitrogen and oxygen atoms in total. The van der Waals surface area contributed by atoms with Gasteiger partial charge in [-0.2, -0.15) is 0 Å². The molecule has 0 saturated heterocycles. The Balaban J connectivity index is 2.71. The van der Waals surface area contributed by atoms with Crippen LogP contribution in [-0.4, -0.2) is 68.8 Å². The van der Waals surface area contributed by atoms with Gasteiger partial charge in [-0.15, -0.1) is 0 Å². The van der Waals surface area contributed by atoms with Gasteiger partial charge in [-0.1, -0.05) is 0 Å². The van der Waals surface area contributed by atoms with Crippen molar-refractivity contribution < 1.29 is 33.4 Å². The Kier molecular flexibility index (Phi) is 8.62. The van der Waals surface area contributed by atoms with Crippen molar-refractivity contribution in [3.05, 3.63) is 34.9 Å². The van der Waals surface area contributed by atoms with Gasteiger partial charge in [0.2, 0.25) is 0 Å². The van der Waals surface area contributed by atoms with Crippen LogP contribution in [0.15, 0.2) is 18.2 Å². The largest absolute Gasteiger partial charge is 0.465 e. The lowest BCUT2D eigenvalue weighted by atomic mass is 10.0. The molecular weight excluding hydrogens is 380 g/mol. The van der Waals surface area contributed by atoms with Crippen molar-refractivity contribution in [3.63, 3.8) is 0 Å². The first-order valence-corrected chi connectivity index (χ1v) is 9.02. The van der Waals surface area contributed by atoms with Gasteiger partial charge < -0.3 is 24.4 Å². The summed E-state index contributed by atoms with van der Waals surface area (Å²) >= 11 is 0. The number of nitrogens with one attached hydrogen (secondary N) is 1. The lowest BCUT2D eigenvalue weighted by molar-refractivity contribution is 0.0297. The third kappa shape index (κ3) is 7.81. The van der Waals surface area contributed by atoms with Gasteiger partial charge in [0.05, 0.1) is 25.3 Å². The number of carbonyl (C=O) groups excluding carboxylic acids is 4. The SMILES string of the molecule is COC(=O)c1cc(C(=O)NCCCN(C)C(=O)OC(C)(C)C)cc(C(=O)OC)c1. The van der Waals surface area contributed by atoms with Crippen LogP contribution in [0.25, 0.3) is 0 Å². The van der Waals surface area contributed by atoms with E-state index in [1.165, 1.54) is 37.3 Å². The minimum Gasteiger partial charge on any atom is -0.465 e. The van der Waals surface area contributed by atoms with Gasteiger partial charge in [-0.25, -0.2) is 14.4 Å². The topological polar surface area (TPSA) is 111 Å². The maximum Gasteiger partial charge on any atom is 0.410 e. The van der Waals surface area contributed by atoms with Gasteiger partial charge in [0, 0.05) is 25.7 Å². The maximum absolute atomic E-state index is 12.4. The fourth-order valence-electron chi connectivity index (χ4n) is 2.28. The number of carbonyl (C=O) groups is 4. The van der Waals surface area contributed by atoms with Crippen LogP contribution in [0.4, 0.5) is 4.79 Å². The molecule has 0 radical (unpaired) electrons. The number of methoxy groups -OCH3 is 2. The molecule has 1 rings (SSSR count). The second kappa shape index (κ2) is 10.4. The van der Waals surface area contributed by atoms with E-state index in [0.717, 1.165) is 0 Å². The highest BCUT2D eigenvalue weighted by Crippen LogP contribution is 2.13. The van der Waals surface area contributed by atoms with Gasteiger partial charge in [-0.05, 0) is 45.4 Å². The Hall–Kier alpha value is -3.10. The number of hydrogen-bond acceptors (Lipinski definition) is 7. The number of rotatable bonds is 7. The molecule has 0 aliphatic rings. The van der Waals surface area contributed by atoms with E-state index in [4.69, 9.17) is 4.74 Å². The minimum atomic E-state index is -0.677. The van der Waals surface area contributed by atoms with Crippen LogP contribution >= 0.6 is 0 Å². The molecule has 0 fully saturated rings. The van der Waals surface area contributed by atoms with Crippen molar-refractivity contribution in [3.8, 4) is 0 Å². The zero-order chi connectivity index (χ0) is 22.2. The van der Waals surface area contributed by atoms with Gasteiger partial charge in [0.1, 0.15) is 5.60 Å². The molecule has 0 aliphatic heterocycles. The molecule has 0 heterocycles. The quantitative estimate of drug-likeness (QED) is 0.418. The molecule has 0 bridgehead atoms. The maximum atomic E-state index is 12.4. The van der Waals surface area contributed by atoms with Crippen molar-refractivity contribution in [1.29, 1.82) is 0 Å². The molecule has 9 heteroatoms. The van der Waals surface area contributed by atoms with Crippen molar-refractivity contribution in [2.45, 2.75) is 32.8 Å². The zero-order valence-corrected chi connectivity index (χ0v) is 17.7. The Bertz CT molecular complexity index is 734. The number of benzene rings is 1. The molecule has 29 heavy (non-hydrogen) atoms. The average molecular weight is 408 g/mol. The fourth-order valence-corrected chi connectivity index (χ4v) is 2.28. The monoisotopic (exact) mass is 408 g/mol. The normalized spacial score (nSPS) is 10.7. The van der Waals surface area contributed by atoms with Crippen LogP contribution in [0.1, 0.15) is 58.3 Å².